The zero-order valence-corrected chi connectivity index (χ0v) is 18.8. The van der Waals surface area contributed by atoms with E-state index >= 15 is 0 Å². The van der Waals surface area contributed by atoms with Crippen molar-refractivity contribution in [3.63, 3.8) is 0 Å². The van der Waals surface area contributed by atoms with Gasteiger partial charge in [-0.05, 0) is 53.9 Å². The number of nitrogens with zero attached hydrogens (tertiary/aromatic N) is 1. The maximum absolute atomic E-state index is 12.7. The van der Waals surface area contributed by atoms with Crippen LogP contribution in [-0.4, -0.2) is 18.0 Å². The van der Waals surface area contributed by atoms with Crippen LogP contribution in [0.4, 0.5) is 0 Å². The molecule has 6 nitrogen and oxygen atoms in total. The van der Waals surface area contributed by atoms with E-state index < -0.39 is 11.8 Å². The first-order valence-electron chi connectivity index (χ1n) is 9.90. The summed E-state index contributed by atoms with van der Waals surface area (Å²) in [6.45, 7) is 0. The molecule has 0 aliphatic heterocycles. The molecule has 2 amide bonds. The molecule has 0 bridgehead atoms. The largest absolute Gasteiger partial charge is 0.455 e. The Labute approximate surface area is 199 Å². The lowest BCUT2D eigenvalue weighted by Gasteiger charge is -2.08. The van der Waals surface area contributed by atoms with Crippen LogP contribution in [0.1, 0.15) is 21.0 Å². The van der Waals surface area contributed by atoms with Gasteiger partial charge in [0.1, 0.15) is 17.2 Å². The number of hydrogen-bond donors (Lipinski definition) is 2. The molecule has 0 saturated heterocycles. The van der Waals surface area contributed by atoms with Gasteiger partial charge in [-0.1, -0.05) is 48.0 Å². The molecule has 0 aliphatic rings. The van der Waals surface area contributed by atoms with Crippen molar-refractivity contribution in [1.29, 1.82) is 0 Å². The normalized spacial score (nSPS) is 11.5. The third-order valence-corrected chi connectivity index (χ3v) is 5.63. The van der Waals surface area contributed by atoms with Crippen molar-refractivity contribution >= 4 is 47.0 Å². The molecule has 0 spiro atoms. The third kappa shape index (κ3) is 5.85. The molecule has 2 aromatic heterocycles. The Morgan fingerprint density at radius 3 is 2.48 bits per heavy atom. The van der Waals surface area contributed by atoms with E-state index in [1.54, 1.807) is 48.5 Å². The number of amides is 2. The van der Waals surface area contributed by atoms with Gasteiger partial charge in [0.05, 0.1) is 11.2 Å². The van der Waals surface area contributed by atoms with Crippen molar-refractivity contribution in [2.75, 3.05) is 0 Å². The van der Waals surface area contributed by atoms with E-state index in [2.05, 4.69) is 15.8 Å². The Bertz CT molecular complexity index is 1310. The fourth-order valence-corrected chi connectivity index (χ4v) is 3.79. The van der Waals surface area contributed by atoms with Gasteiger partial charge in [0.25, 0.3) is 11.8 Å². The summed E-state index contributed by atoms with van der Waals surface area (Å²) in [4.78, 5) is 26.1. The number of carbonyl (C=O) groups excluding carboxylic acids is 2. The molecule has 0 atom stereocenters. The summed E-state index contributed by atoms with van der Waals surface area (Å²) in [7, 11) is 0. The van der Waals surface area contributed by atoms with Crippen molar-refractivity contribution in [1.82, 2.24) is 10.7 Å². The standard InChI is InChI=1S/C25H18ClN3O3S/c26-21-11-5-4-10-20(21)23-13-12-18(32-23)16-27-29-25(31)22(15-19-9-6-14-33-19)28-24(30)17-7-2-1-3-8-17/h1-16H,(H,28,30)(H,29,31)/b22-15+,27-16+. The van der Waals surface area contributed by atoms with Crippen LogP contribution in [0.5, 0.6) is 0 Å². The van der Waals surface area contributed by atoms with Gasteiger partial charge in [-0.2, -0.15) is 5.10 Å². The van der Waals surface area contributed by atoms with Gasteiger partial charge in [0.2, 0.25) is 0 Å². The van der Waals surface area contributed by atoms with Crippen LogP contribution < -0.4 is 10.7 Å². The monoisotopic (exact) mass is 475 g/mol. The molecule has 2 aromatic carbocycles. The highest BCUT2D eigenvalue weighted by Gasteiger charge is 2.14. The van der Waals surface area contributed by atoms with Gasteiger partial charge in [0.15, 0.2) is 0 Å². The van der Waals surface area contributed by atoms with E-state index in [1.807, 2.05) is 41.8 Å². The molecular formula is C25H18ClN3O3S. The van der Waals surface area contributed by atoms with Crippen LogP contribution in [0.3, 0.4) is 0 Å². The Balaban J connectivity index is 1.46. The van der Waals surface area contributed by atoms with Crippen molar-refractivity contribution < 1.29 is 14.0 Å². The zero-order valence-electron chi connectivity index (χ0n) is 17.2. The van der Waals surface area contributed by atoms with Crippen LogP contribution >= 0.6 is 22.9 Å². The number of carbonyl (C=O) groups is 2. The topological polar surface area (TPSA) is 83.7 Å². The fourth-order valence-electron chi connectivity index (χ4n) is 2.90. The fraction of sp³-hybridized carbons (Fsp3) is 0. The van der Waals surface area contributed by atoms with Gasteiger partial charge in [0, 0.05) is 16.0 Å². The number of hydrazone groups is 1. The number of benzene rings is 2. The van der Waals surface area contributed by atoms with Crippen LogP contribution in [-0.2, 0) is 4.79 Å². The van der Waals surface area contributed by atoms with Gasteiger partial charge in [-0.25, -0.2) is 5.43 Å². The molecule has 164 valence electrons. The summed E-state index contributed by atoms with van der Waals surface area (Å²) >= 11 is 7.64. The highest BCUT2D eigenvalue weighted by Crippen LogP contribution is 2.28. The molecule has 0 fully saturated rings. The highest BCUT2D eigenvalue weighted by atomic mass is 35.5. The minimum absolute atomic E-state index is 0.0691. The van der Waals surface area contributed by atoms with Crippen LogP contribution in [0.2, 0.25) is 5.02 Å². The molecular weight excluding hydrogens is 458 g/mol. The Morgan fingerprint density at radius 2 is 1.73 bits per heavy atom. The highest BCUT2D eigenvalue weighted by molar-refractivity contribution is 7.10. The number of rotatable bonds is 7. The van der Waals surface area contributed by atoms with E-state index in [9.17, 15) is 9.59 Å². The molecule has 0 unspecified atom stereocenters. The minimum Gasteiger partial charge on any atom is -0.455 e. The molecule has 8 heteroatoms. The molecule has 0 saturated carbocycles. The van der Waals surface area contributed by atoms with E-state index in [0.717, 1.165) is 10.4 Å². The molecule has 33 heavy (non-hydrogen) atoms. The van der Waals surface area contributed by atoms with E-state index in [0.29, 0.717) is 22.1 Å². The quantitative estimate of drug-likeness (QED) is 0.208. The average Bonchev–Trinajstić information content (AvgIpc) is 3.52. The second-order valence-corrected chi connectivity index (χ2v) is 8.16. The smallest absolute Gasteiger partial charge is 0.287 e. The van der Waals surface area contributed by atoms with E-state index in [1.165, 1.54) is 17.6 Å². The van der Waals surface area contributed by atoms with E-state index in [4.69, 9.17) is 16.0 Å². The van der Waals surface area contributed by atoms with Crippen molar-refractivity contribution in [2.24, 2.45) is 5.10 Å². The molecule has 4 rings (SSSR count). The summed E-state index contributed by atoms with van der Waals surface area (Å²) in [6.07, 6.45) is 2.97. The first kappa shape index (κ1) is 22.3. The Morgan fingerprint density at radius 1 is 0.939 bits per heavy atom. The van der Waals surface area contributed by atoms with Crippen molar-refractivity contribution in [3.05, 3.63) is 111 Å². The first-order chi connectivity index (χ1) is 16.1. The summed E-state index contributed by atoms with van der Waals surface area (Å²) < 4.78 is 5.73. The Hall–Kier alpha value is -3.94. The van der Waals surface area contributed by atoms with Crippen molar-refractivity contribution in [2.45, 2.75) is 0 Å². The maximum Gasteiger partial charge on any atom is 0.287 e. The zero-order chi connectivity index (χ0) is 23.0. The molecule has 4 aromatic rings. The van der Waals surface area contributed by atoms with Crippen LogP contribution in [0, 0.1) is 0 Å². The van der Waals surface area contributed by atoms with Gasteiger partial charge in [-0.15, -0.1) is 11.3 Å². The summed E-state index contributed by atoms with van der Waals surface area (Å²) in [5.41, 5.74) is 3.69. The number of halogens is 1. The summed E-state index contributed by atoms with van der Waals surface area (Å²) in [6, 6.07) is 23.2. The molecule has 0 radical (unpaired) electrons. The SMILES string of the molecule is O=C(N/N=C/c1ccc(-c2ccccc2Cl)o1)/C(=C\c1cccs1)NC(=O)c1ccccc1. The maximum atomic E-state index is 12.7. The molecule has 2 heterocycles. The third-order valence-electron chi connectivity index (χ3n) is 4.48. The lowest BCUT2D eigenvalue weighted by atomic mass is 10.2. The molecule has 0 aliphatic carbocycles. The lowest BCUT2D eigenvalue weighted by molar-refractivity contribution is -0.117. The Kier molecular flexibility index (Phi) is 7.14. The van der Waals surface area contributed by atoms with Crippen LogP contribution in [0.25, 0.3) is 17.4 Å². The van der Waals surface area contributed by atoms with Crippen molar-refractivity contribution in [3.8, 4) is 11.3 Å². The van der Waals surface area contributed by atoms with Gasteiger partial charge in [-0.3, -0.25) is 9.59 Å². The lowest BCUT2D eigenvalue weighted by Crippen LogP contribution is -2.32. The van der Waals surface area contributed by atoms with E-state index in [-0.39, 0.29) is 5.70 Å². The molecule has 2 N–H and O–H groups in total. The number of nitrogens with one attached hydrogen (secondary N) is 2. The minimum atomic E-state index is -0.568. The number of thiophene rings is 1. The van der Waals surface area contributed by atoms with Crippen LogP contribution in [0.15, 0.2) is 99.5 Å². The second kappa shape index (κ2) is 10.6. The second-order valence-electron chi connectivity index (χ2n) is 6.77. The van der Waals surface area contributed by atoms with Gasteiger partial charge >= 0.3 is 0 Å². The number of furan rings is 1. The van der Waals surface area contributed by atoms with Gasteiger partial charge < -0.3 is 9.73 Å². The summed E-state index contributed by atoms with van der Waals surface area (Å²) in [5, 5.41) is 9.07. The number of hydrogen-bond acceptors (Lipinski definition) is 5. The predicted molar refractivity (Wildman–Crippen MR) is 131 cm³/mol. The average molecular weight is 476 g/mol. The predicted octanol–water partition coefficient (Wildman–Crippen LogP) is 5.58. The summed E-state index contributed by atoms with van der Waals surface area (Å²) in [5.74, 6) is 0.0545. The first-order valence-corrected chi connectivity index (χ1v) is 11.2.